The Morgan fingerprint density at radius 2 is 1.56 bits per heavy atom. The second-order valence-corrected chi connectivity index (χ2v) is 11.6. The van der Waals surface area contributed by atoms with Crippen LogP contribution in [0, 0.1) is 17.3 Å². The van der Waals surface area contributed by atoms with Gasteiger partial charge < -0.3 is 28.8 Å². The largest absolute Gasteiger partial charge is 0.462 e. The van der Waals surface area contributed by atoms with E-state index < -0.39 is 83.2 Å². The van der Waals surface area contributed by atoms with Crippen molar-refractivity contribution in [2.24, 2.45) is 17.3 Å². The van der Waals surface area contributed by atoms with Gasteiger partial charge in [-0.05, 0) is 38.8 Å². The molecular formula is C30H42O11. The number of carbonyl (C=O) groups excluding carboxylic acids is 5. The lowest BCUT2D eigenvalue weighted by Gasteiger charge is -2.54. The van der Waals surface area contributed by atoms with Crippen molar-refractivity contribution in [1.82, 2.24) is 0 Å². The number of ether oxygens (including phenoxy) is 5. The number of rotatable bonds is 6. The molecule has 0 aromatic rings. The van der Waals surface area contributed by atoms with E-state index >= 15 is 0 Å². The summed E-state index contributed by atoms with van der Waals surface area (Å²) >= 11 is 0. The summed E-state index contributed by atoms with van der Waals surface area (Å²) in [5.41, 5.74) is -2.31. The lowest BCUT2D eigenvalue weighted by atomic mass is 9.56. The first kappa shape index (κ1) is 32.3. The molecule has 0 radical (unpaired) electrons. The fourth-order valence-corrected chi connectivity index (χ4v) is 6.57. The molecule has 0 bridgehead atoms. The molecule has 1 saturated heterocycles. The summed E-state index contributed by atoms with van der Waals surface area (Å²) in [7, 11) is 0. The maximum Gasteiger partial charge on any atom is 0.312 e. The molecule has 0 aromatic heterocycles. The van der Waals surface area contributed by atoms with Crippen LogP contribution in [0.4, 0.5) is 0 Å². The maximum absolute atomic E-state index is 13.0. The summed E-state index contributed by atoms with van der Waals surface area (Å²) in [6.45, 7) is 12.2. The molecule has 9 atom stereocenters. The van der Waals surface area contributed by atoms with Crippen LogP contribution < -0.4 is 0 Å². The van der Waals surface area contributed by atoms with Crippen molar-refractivity contribution in [3.05, 3.63) is 23.3 Å². The van der Waals surface area contributed by atoms with Gasteiger partial charge in [0, 0.05) is 46.0 Å². The highest BCUT2D eigenvalue weighted by Gasteiger charge is 2.67. The second kappa shape index (κ2) is 12.3. The van der Waals surface area contributed by atoms with Crippen molar-refractivity contribution in [2.45, 2.75) is 117 Å². The summed E-state index contributed by atoms with van der Waals surface area (Å²) < 4.78 is 29.1. The quantitative estimate of drug-likeness (QED) is 0.281. The zero-order valence-corrected chi connectivity index (χ0v) is 25.1. The van der Waals surface area contributed by atoms with Crippen molar-refractivity contribution < 1.29 is 52.8 Å². The standard InChI is InChI=1S/C30H42O11/c1-9-10-25(34)40-21-14-23(38-19(6)32)29(8)22(37-18(5)31)12-11-15(2)26(29)27(39-20(7)33)30(36)17(4)28(35)41-24(30)13-16(21)3/h11,13,17,21-24,26-27,36H,9-10,12,14H2,1-8H3/b16-13-/t17-,21+,22-,23-,24-,26+,27-,29+,30-/m0/s1. The van der Waals surface area contributed by atoms with Crippen molar-refractivity contribution >= 4 is 29.8 Å². The molecule has 1 heterocycles. The third-order valence-electron chi connectivity index (χ3n) is 8.69. The summed E-state index contributed by atoms with van der Waals surface area (Å²) in [4.78, 5) is 63.1. The van der Waals surface area contributed by atoms with Gasteiger partial charge in [-0.3, -0.25) is 24.0 Å². The van der Waals surface area contributed by atoms with Crippen LogP contribution in [0.3, 0.4) is 0 Å². The Bertz CT molecular complexity index is 1140. The van der Waals surface area contributed by atoms with Crippen molar-refractivity contribution in [3.8, 4) is 0 Å². The molecule has 0 saturated carbocycles. The molecule has 0 unspecified atom stereocenters. The zero-order valence-electron chi connectivity index (χ0n) is 25.1. The van der Waals surface area contributed by atoms with E-state index in [1.165, 1.54) is 33.8 Å². The molecule has 0 spiro atoms. The summed E-state index contributed by atoms with van der Waals surface area (Å²) in [5, 5.41) is 12.4. The van der Waals surface area contributed by atoms with Gasteiger partial charge in [-0.1, -0.05) is 25.5 Å². The molecular weight excluding hydrogens is 536 g/mol. The van der Waals surface area contributed by atoms with Crippen molar-refractivity contribution in [3.63, 3.8) is 0 Å². The minimum Gasteiger partial charge on any atom is -0.462 e. The van der Waals surface area contributed by atoms with E-state index in [-0.39, 0.29) is 19.3 Å². The van der Waals surface area contributed by atoms with Crippen LogP contribution in [0.15, 0.2) is 23.3 Å². The topological polar surface area (TPSA) is 152 Å². The van der Waals surface area contributed by atoms with Gasteiger partial charge >= 0.3 is 29.8 Å². The van der Waals surface area contributed by atoms with E-state index in [0.29, 0.717) is 17.6 Å². The molecule has 3 aliphatic rings. The van der Waals surface area contributed by atoms with Gasteiger partial charge in [0.1, 0.15) is 24.4 Å². The highest BCUT2D eigenvalue weighted by molar-refractivity contribution is 5.78. The number of hydrogen-bond donors (Lipinski definition) is 1. The van der Waals surface area contributed by atoms with E-state index in [9.17, 15) is 29.1 Å². The first-order chi connectivity index (χ1) is 19.1. The lowest BCUT2D eigenvalue weighted by Crippen LogP contribution is -2.65. The van der Waals surface area contributed by atoms with Crippen LogP contribution in [-0.4, -0.2) is 71.1 Å². The number of carbonyl (C=O) groups is 5. The van der Waals surface area contributed by atoms with Gasteiger partial charge in [-0.15, -0.1) is 0 Å². The predicted molar refractivity (Wildman–Crippen MR) is 144 cm³/mol. The van der Waals surface area contributed by atoms with Gasteiger partial charge in [0.15, 0.2) is 11.7 Å². The summed E-state index contributed by atoms with van der Waals surface area (Å²) in [5.74, 6) is -5.17. The Labute approximate surface area is 240 Å². The zero-order chi connectivity index (χ0) is 30.9. The molecule has 3 rings (SSSR count). The minimum absolute atomic E-state index is 0.0309. The lowest BCUT2D eigenvalue weighted by molar-refractivity contribution is -0.218. The fraction of sp³-hybridized carbons (Fsp3) is 0.700. The predicted octanol–water partition coefficient (Wildman–Crippen LogP) is 3.11. The van der Waals surface area contributed by atoms with Gasteiger partial charge in [0.2, 0.25) is 0 Å². The first-order valence-electron chi connectivity index (χ1n) is 14.1. The van der Waals surface area contributed by atoms with Crippen molar-refractivity contribution in [2.75, 3.05) is 0 Å². The Morgan fingerprint density at radius 1 is 0.976 bits per heavy atom. The molecule has 0 aromatic carbocycles. The highest BCUT2D eigenvalue weighted by atomic mass is 16.6. The second-order valence-electron chi connectivity index (χ2n) is 11.6. The molecule has 1 N–H and O–H groups in total. The molecule has 2 aliphatic carbocycles. The molecule has 11 heteroatoms. The highest BCUT2D eigenvalue weighted by Crippen LogP contribution is 2.55. The molecule has 228 valence electrons. The van der Waals surface area contributed by atoms with Gasteiger partial charge in [0.25, 0.3) is 0 Å². The molecule has 1 fully saturated rings. The Morgan fingerprint density at radius 3 is 2.12 bits per heavy atom. The Hall–Kier alpha value is -3.21. The van der Waals surface area contributed by atoms with Crippen LogP contribution in [-0.2, 0) is 47.7 Å². The van der Waals surface area contributed by atoms with Gasteiger partial charge in [-0.25, -0.2) is 0 Å². The van der Waals surface area contributed by atoms with Crippen LogP contribution in [0.2, 0.25) is 0 Å². The van der Waals surface area contributed by atoms with Crippen LogP contribution in [0.25, 0.3) is 0 Å². The number of aliphatic hydroxyl groups is 1. The Balaban J connectivity index is 2.40. The molecule has 41 heavy (non-hydrogen) atoms. The van der Waals surface area contributed by atoms with Crippen molar-refractivity contribution in [1.29, 1.82) is 0 Å². The SMILES string of the molecule is CCCC(=O)O[C@@H]1C[C@H](OC(C)=O)[C@@]2(C)[C@@H](OC(C)=O)CC=C(C)[C@@H]2[C@H](OC(C)=O)[C@@]2(O)[C@H](/C=C\1C)OC(=O)[C@@H]2C. The molecule has 1 aliphatic heterocycles. The van der Waals surface area contributed by atoms with E-state index in [0.717, 1.165) is 0 Å². The number of esters is 5. The number of fused-ring (bicyclic) bond motifs is 2. The van der Waals surface area contributed by atoms with Gasteiger partial charge in [-0.2, -0.15) is 0 Å². The molecule has 11 nitrogen and oxygen atoms in total. The van der Waals surface area contributed by atoms with Crippen LogP contribution in [0.1, 0.15) is 81.1 Å². The minimum atomic E-state index is -2.08. The Kier molecular flexibility index (Phi) is 9.73. The maximum atomic E-state index is 13.0. The summed E-state index contributed by atoms with van der Waals surface area (Å²) in [6, 6.07) is 0. The van der Waals surface area contributed by atoms with E-state index in [1.807, 2.05) is 13.0 Å². The molecule has 0 amide bonds. The third kappa shape index (κ3) is 6.19. The average molecular weight is 579 g/mol. The van der Waals surface area contributed by atoms with Crippen LogP contribution >= 0.6 is 0 Å². The monoisotopic (exact) mass is 578 g/mol. The van der Waals surface area contributed by atoms with E-state index in [4.69, 9.17) is 23.7 Å². The van der Waals surface area contributed by atoms with Crippen LogP contribution in [0.5, 0.6) is 0 Å². The normalized spacial score (nSPS) is 38.1. The third-order valence-corrected chi connectivity index (χ3v) is 8.69. The smallest absolute Gasteiger partial charge is 0.312 e. The fourth-order valence-electron chi connectivity index (χ4n) is 6.57. The summed E-state index contributed by atoms with van der Waals surface area (Å²) in [6.07, 6.45) is -1.32. The van der Waals surface area contributed by atoms with E-state index in [2.05, 4.69) is 0 Å². The first-order valence-corrected chi connectivity index (χ1v) is 14.1. The van der Waals surface area contributed by atoms with E-state index in [1.54, 1.807) is 20.8 Å². The average Bonchev–Trinajstić information content (AvgIpc) is 3.07. The van der Waals surface area contributed by atoms with Gasteiger partial charge in [0.05, 0.1) is 11.3 Å². The number of hydrogen-bond acceptors (Lipinski definition) is 11.